The van der Waals surface area contributed by atoms with Crippen LogP contribution >= 0.6 is 0 Å². The second kappa shape index (κ2) is 5.21. The van der Waals surface area contributed by atoms with E-state index in [9.17, 15) is 19.5 Å². The van der Waals surface area contributed by atoms with Crippen molar-refractivity contribution in [2.75, 3.05) is 26.7 Å². The molecule has 7 nitrogen and oxygen atoms in total. The predicted molar refractivity (Wildman–Crippen MR) is 87.1 cm³/mol. The molecule has 2 amide bonds. The molecule has 25 heavy (non-hydrogen) atoms. The highest BCUT2D eigenvalue weighted by Crippen LogP contribution is 2.52. The summed E-state index contributed by atoms with van der Waals surface area (Å²) < 4.78 is 5.16. The van der Waals surface area contributed by atoms with Crippen molar-refractivity contribution in [3.8, 4) is 5.75 Å². The number of carbonyl (C=O) groups excluding carboxylic acids is 2. The molecule has 4 rings (SSSR count). The largest absolute Gasteiger partial charge is 0.497 e. The summed E-state index contributed by atoms with van der Waals surface area (Å²) in [6.45, 7) is 0.350. The van der Waals surface area contributed by atoms with E-state index in [4.69, 9.17) is 4.74 Å². The molecule has 2 atom stereocenters. The molecule has 3 fully saturated rings. The Bertz CT molecular complexity index is 755. The van der Waals surface area contributed by atoms with Crippen LogP contribution in [-0.2, 0) is 19.8 Å². The summed E-state index contributed by atoms with van der Waals surface area (Å²) in [6.07, 6.45) is 1.48. The van der Waals surface area contributed by atoms with Gasteiger partial charge in [0.1, 0.15) is 11.2 Å². The van der Waals surface area contributed by atoms with Crippen molar-refractivity contribution in [1.82, 2.24) is 10.2 Å². The van der Waals surface area contributed by atoms with Crippen LogP contribution in [0.3, 0.4) is 0 Å². The molecular formula is C18H20N2O5. The Morgan fingerprint density at radius 1 is 1.28 bits per heavy atom. The van der Waals surface area contributed by atoms with Crippen molar-refractivity contribution in [1.29, 1.82) is 0 Å². The molecule has 1 aromatic carbocycles. The van der Waals surface area contributed by atoms with Gasteiger partial charge in [-0.25, -0.2) is 0 Å². The Morgan fingerprint density at radius 2 is 1.96 bits per heavy atom. The number of ether oxygens (including phenoxy) is 1. The third kappa shape index (κ3) is 2.14. The van der Waals surface area contributed by atoms with E-state index in [-0.39, 0.29) is 31.4 Å². The van der Waals surface area contributed by atoms with Crippen molar-refractivity contribution in [2.45, 2.75) is 18.3 Å². The highest BCUT2D eigenvalue weighted by atomic mass is 16.5. The van der Waals surface area contributed by atoms with Gasteiger partial charge in [0.05, 0.1) is 18.4 Å². The van der Waals surface area contributed by atoms with Crippen LogP contribution in [0.2, 0.25) is 0 Å². The Kier molecular flexibility index (Phi) is 3.32. The molecule has 1 saturated carbocycles. The van der Waals surface area contributed by atoms with Gasteiger partial charge in [-0.15, -0.1) is 0 Å². The summed E-state index contributed by atoms with van der Waals surface area (Å²) in [6, 6.07) is 7.43. The first kappa shape index (κ1) is 15.9. The SMILES string of the molecule is COc1ccc(C2(C(=O)N3C[C@@H]4C(=O)NC[C@]4(C(=O)O)C3)CC2)cc1. The molecular weight excluding hydrogens is 324 g/mol. The van der Waals surface area contributed by atoms with Gasteiger partial charge in [-0.3, -0.25) is 14.4 Å². The van der Waals surface area contributed by atoms with Crippen molar-refractivity contribution in [3.63, 3.8) is 0 Å². The van der Waals surface area contributed by atoms with Crippen LogP contribution < -0.4 is 10.1 Å². The average Bonchev–Trinajstić information content (AvgIpc) is 3.23. The fraction of sp³-hybridized carbons (Fsp3) is 0.500. The summed E-state index contributed by atoms with van der Waals surface area (Å²) >= 11 is 0. The van der Waals surface area contributed by atoms with Gasteiger partial charge in [0.25, 0.3) is 0 Å². The zero-order valence-electron chi connectivity index (χ0n) is 13.9. The number of methoxy groups -OCH3 is 1. The minimum absolute atomic E-state index is 0.0690. The van der Waals surface area contributed by atoms with Gasteiger partial charge >= 0.3 is 5.97 Å². The lowest BCUT2D eigenvalue weighted by molar-refractivity contribution is -0.150. The monoisotopic (exact) mass is 344 g/mol. The van der Waals surface area contributed by atoms with Crippen LogP contribution in [0.25, 0.3) is 0 Å². The van der Waals surface area contributed by atoms with E-state index in [1.54, 1.807) is 12.0 Å². The van der Waals surface area contributed by atoms with Crippen LogP contribution in [0.15, 0.2) is 24.3 Å². The van der Waals surface area contributed by atoms with E-state index in [0.29, 0.717) is 0 Å². The number of hydrogen-bond acceptors (Lipinski definition) is 4. The summed E-state index contributed by atoms with van der Waals surface area (Å²) in [7, 11) is 1.59. The highest BCUT2D eigenvalue weighted by molar-refractivity contribution is 5.96. The van der Waals surface area contributed by atoms with Crippen LogP contribution in [0.5, 0.6) is 5.75 Å². The predicted octanol–water partition coefficient (Wildman–Crippen LogP) is 0.386. The van der Waals surface area contributed by atoms with E-state index >= 15 is 0 Å². The number of carboxylic acids is 1. The van der Waals surface area contributed by atoms with Gasteiger partial charge in [-0.05, 0) is 30.5 Å². The standard InChI is InChI=1S/C18H20N2O5/c1-25-12-4-2-11(3-5-12)17(6-7-17)15(22)20-8-13-14(21)19-9-18(13,10-20)16(23)24/h2-5,13H,6-10H2,1H3,(H,19,21)(H,23,24)/t13-,18+/m1/s1. The van der Waals surface area contributed by atoms with Gasteiger partial charge in [0.15, 0.2) is 0 Å². The number of aliphatic carboxylic acids is 1. The third-order valence-corrected chi connectivity index (χ3v) is 5.95. The zero-order valence-corrected chi connectivity index (χ0v) is 13.9. The van der Waals surface area contributed by atoms with Crippen LogP contribution in [0.1, 0.15) is 18.4 Å². The smallest absolute Gasteiger partial charge is 0.314 e. The maximum Gasteiger partial charge on any atom is 0.314 e. The second-order valence-electron chi connectivity index (χ2n) is 7.23. The van der Waals surface area contributed by atoms with Gasteiger partial charge in [0.2, 0.25) is 11.8 Å². The van der Waals surface area contributed by atoms with Crippen LogP contribution in [0, 0.1) is 11.3 Å². The van der Waals surface area contributed by atoms with Gasteiger partial charge in [-0.1, -0.05) is 12.1 Å². The van der Waals surface area contributed by atoms with E-state index in [1.807, 2.05) is 24.3 Å². The lowest BCUT2D eigenvalue weighted by Crippen LogP contribution is -2.43. The van der Waals surface area contributed by atoms with Gasteiger partial charge in [0, 0.05) is 19.6 Å². The van der Waals surface area contributed by atoms with E-state index in [2.05, 4.69) is 5.32 Å². The summed E-state index contributed by atoms with van der Waals surface area (Å²) in [4.78, 5) is 38.5. The Morgan fingerprint density at radius 3 is 2.48 bits per heavy atom. The first-order valence-electron chi connectivity index (χ1n) is 8.38. The molecule has 2 heterocycles. The average molecular weight is 344 g/mol. The third-order valence-electron chi connectivity index (χ3n) is 5.95. The normalized spacial score (nSPS) is 29.1. The molecule has 0 unspecified atom stereocenters. The Balaban J connectivity index is 1.59. The number of rotatable bonds is 4. The van der Waals surface area contributed by atoms with Gasteiger partial charge < -0.3 is 20.1 Å². The first-order chi connectivity index (χ1) is 11.9. The fourth-order valence-corrected chi connectivity index (χ4v) is 4.20. The topological polar surface area (TPSA) is 95.9 Å². The molecule has 1 aliphatic carbocycles. The van der Waals surface area contributed by atoms with Crippen molar-refractivity contribution in [2.24, 2.45) is 11.3 Å². The highest BCUT2D eigenvalue weighted by Gasteiger charge is 2.63. The van der Waals surface area contributed by atoms with Crippen molar-refractivity contribution < 1.29 is 24.2 Å². The number of benzene rings is 1. The molecule has 1 aromatic rings. The molecule has 0 spiro atoms. The maximum absolute atomic E-state index is 13.2. The first-order valence-corrected chi connectivity index (χ1v) is 8.38. The molecule has 2 saturated heterocycles. The quantitative estimate of drug-likeness (QED) is 0.824. The molecule has 132 valence electrons. The number of carbonyl (C=O) groups is 3. The van der Waals surface area contributed by atoms with Crippen molar-refractivity contribution >= 4 is 17.8 Å². The lowest BCUT2D eigenvalue weighted by Gasteiger charge is -2.26. The molecule has 2 aliphatic heterocycles. The van der Waals surface area contributed by atoms with Crippen LogP contribution in [-0.4, -0.2) is 54.5 Å². The number of fused-ring (bicyclic) bond motifs is 1. The zero-order chi connectivity index (χ0) is 17.8. The molecule has 0 bridgehead atoms. The second-order valence-corrected chi connectivity index (χ2v) is 7.23. The molecule has 2 N–H and O–H groups in total. The van der Waals surface area contributed by atoms with E-state index in [1.165, 1.54) is 0 Å². The number of carboxylic acid groups (broad SMARTS) is 1. The molecule has 0 aromatic heterocycles. The molecule has 0 radical (unpaired) electrons. The minimum atomic E-state index is -1.19. The number of likely N-dealkylation sites (tertiary alicyclic amines) is 1. The summed E-state index contributed by atoms with van der Waals surface area (Å²) in [5, 5.41) is 12.3. The summed E-state index contributed by atoms with van der Waals surface area (Å²) in [5.74, 6) is -1.29. The molecule has 7 heteroatoms. The number of nitrogens with zero attached hydrogens (tertiary/aromatic N) is 1. The summed E-state index contributed by atoms with van der Waals surface area (Å²) in [5.41, 5.74) is -0.853. The van der Waals surface area contributed by atoms with E-state index < -0.39 is 22.7 Å². The number of hydrogen-bond donors (Lipinski definition) is 2. The van der Waals surface area contributed by atoms with Gasteiger partial charge in [-0.2, -0.15) is 0 Å². The van der Waals surface area contributed by atoms with Crippen molar-refractivity contribution in [3.05, 3.63) is 29.8 Å². The minimum Gasteiger partial charge on any atom is -0.497 e. The Hall–Kier alpha value is -2.57. The maximum atomic E-state index is 13.2. The molecule has 3 aliphatic rings. The lowest BCUT2D eigenvalue weighted by atomic mass is 9.81. The number of nitrogens with one attached hydrogen (secondary N) is 1. The Labute approximate surface area is 144 Å². The van der Waals surface area contributed by atoms with Crippen LogP contribution in [0.4, 0.5) is 0 Å². The van der Waals surface area contributed by atoms with E-state index in [0.717, 1.165) is 24.2 Å². The number of amides is 2. The fourth-order valence-electron chi connectivity index (χ4n) is 4.20.